The van der Waals surface area contributed by atoms with E-state index in [-0.39, 0.29) is 18.2 Å². The highest BCUT2D eigenvalue weighted by Crippen LogP contribution is 2.32. The fourth-order valence-electron chi connectivity index (χ4n) is 2.64. The molecule has 0 spiro atoms. The van der Waals surface area contributed by atoms with Crippen LogP contribution in [0.2, 0.25) is 0 Å². The molecule has 2 atom stereocenters. The van der Waals surface area contributed by atoms with Gasteiger partial charge in [0.05, 0.1) is 6.10 Å². The van der Waals surface area contributed by atoms with Crippen molar-refractivity contribution in [3.63, 3.8) is 0 Å². The van der Waals surface area contributed by atoms with Crippen molar-refractivity contribution in [3.05, 3.63) is 11.7 Å². The van der Waals surface area contributed by atoms with Crippen LogP contribution in [0.25, 0.3) is 0 Å². The minimum atomic E-state index is -0.373. The molecule has 1 aliphatic rings. The summed E-state index contributed by atoms with van der Waals surface area (Å²) in [4.78, 5) is 16.2. The average Bonchev–Trinajstić information content (AvgIpc) is 3.17. The zero-order valence-electron chi connectivity index (χ0n) is 13.3. The molecule has 3 N–H and O–H groups in total. The Balaban J connectivity index is 1.76. The molecule has 0 aliphatic heterocycles. The van der Waals surface area contributed by atoms with Gasteiger partial charge in [-0.25, -0.2) is 4.79 Å². The molecule has 0 aromatic carbocycles. The molecule has 1 aromatic rings. The molecule has 1 heterocycles. The predicted octanol–water partition coefficient (Wildman–Crippen LogP) is 2.25. The molecule has 0 saturated heterocycles. The van der Waals surface area contributed by atoms with E-state index in [1.807, 2.05) is 13.8 Å². The monoisotopic (exact) mass is 310 g/mol. The van der Waals surface area contributed by atoms with Crippen LogP contribution in [-0.4, -0.2) is 33.9 Å². The molecule has 2 amide bonds. The van der Waals surface area contributed by atoms with Gasteiger partial charge in [-0.05, 0) is 32.6 Å². The molecule has 1 aromatic heterocycles. The van der Waals surface area contributed by atoms with E-state index in [2.05, 4.69) is 20.8 Å². The van der Waals surface area contributed by atoms with Crippen molar-refractivity contribution in [2.24, 2.45) is 0 Å². The molecule has 7 heteroatoms. The largest absolute Gasteiger partial charge is 0.393 e. The van der Waals surface area contributed by atoms with Crippen LogP contribution in [0.1, 0.15) is 76.0 Å². The fourth-order valence-corrected chi connectivity index (χ4v) is 2.64. The van der Waals surface area contributed by atoms with Crippen LogP contribution in [0.15, 0.2) is 4.52 Å². The minimum Gasteiger partial charge on any atom is -0.393 e. The first kappa shape index (κ1) is 16.7. The molecular weight excluding hydrogens is 284 g/mol. The smallest absolute Gasteiger partial charge is 0.315 e. The lowest BCUT2D eigenvalue weighted by Crippen LogP contribution is -2.38. The first-order valence-electron chi connectivity index (χ1n) is 8.16. The summed E-state index contributed by atoms with van der Waals surface area (Å²) in [5.41, 5.74) is 0. The Hall–Kier alpha value is -1.63. The Bertz CT molecular complexity index is 471. The fraction of sp³-hybridized carbons (Fsp3) is 0.800. The van der Waals surface area contributed by atoms with E-state index in [0.29, 0.717) is 31.2 Å². The van der Waals surface area contributed by atoms with Crippen LogP contribution in [0.4, 0.5) is 4.79 Å². The minimum absolute atomic E-state index is 0.295. The molecule has 0 radical (unpaired) electrons. The lowest BCUT2D eigenvalue weighted by molar-refractivity contribution is 0.160. The maximum Gasteiger partial charge on any atom is 0.315 e. The third kappa shape index (κ3) is 4.69. The topological polar surface area (TPSA) is 100 Å². The van der Waals surface area contributed by atoms with Gasteiger partial charge < -0.3 is 20.3 Å². The second kappa shape index (κ2) is 8.12. The number of hydrogen-bond donors (Lipinski definition) is 3. The lowest BCUT2D eigenvalue weighted by Gasteiger charge is -2.12. The van der Waals surface area contributed by atoms with Crippen molar-refractivity contribution < 1.29 is 14.4 Å². The Morgan fingerprint density at radius 3 is 2.86 bits per heavy atom. The highest BCUT2D eigenvalue weighted by atomic mass is 16.5. The van der Waals surface area contributed by atoms with E-state index in [1.165, 1.54) is 12.8 Å². The zero-order chi connectivity index (χ0) is 15.9. The zero-order valence-corrected chi connectivity index (χ0v) is 13.3. The van der Waals surface area contributed by atoms with Gasteiger partial charge in [-0.15, -0.1) is 0 Å². The van der Waals surface area contributed by atoms with Crippen molar-refractivity contribution in [2.75, 3.05) is 6.54 Å². The molecule has 2 unspecified atom stereocenters. The van der Waals surface area contributed by atoms with Crippen molar-refractivity contribution in [1.29, 1.82) is 0 Å². The number of urea groups is 1. The van der Waals surface area contributed by atoms with Gasteiger partial charge in [0.15, 0.2) is 5.82 Å². The summed E-state index contributed by atoms with van der Waals surface area (Å²) in [5, 5.41) is 18.9. The van der Waals surface area contributed by atoms with Gasteiger partial charge in [0, 0.05) is 12.5 Å². The van der Waals surface area contributed by atoms with Crippen LogP contribution in [0.3, 0.4) is 0 Å². The Kier molecular flexibility index (Phi) is 6.18. The second-order valence-corrected chi connectivity index (χ2v) is 5.94. The molecule has 0 bridgehead atoms. The van der Waals surface area contributed by atoms with E-state index in [1.54, 1.807) is 0 Å². The third-order valence-corrected chi connectivity index (χ3v) is 4.13. The van der Waals surface area contributed by atoms with Crippen molar-refractivity contribution in [2.45, 2.75) is 70.4 Å². The number of nitrogens with zero attached hydrogens (tertiary/aromatic N) is 2. The highest BCUT2D eigenvalue weighted by Gasteiger charge is 2.24. The van der Waals surface area contributed by atoms with Gasteiger partial charge in [-0.1, -0.05) is 24.9 Å². The molecule has 1 saturated carbocycles. The number of nitrogens with one attached hydrogen (secondary N) is 2. The summed E-state index contributed by atoms with van der Waals surface area (Å²) in [6.07, 6.45) is 5.52. The number of hydrogen-bond acceptors (Lipinski definition) is 5. The quantitative estimate of drug-likeness (QED) is 0.717. The van der Waals surface area contributed by atoms with E-state index >= 15 is 0 Å². The summed E-state index contributed by atoms with van der Waals surface area (Å²) in [6, 6.07) is -0.629. The van der Waals surface area contributed by atoms with Gasteiger partial charge in [0.1, 0.15) is 6.04 Å². The SMILES string of the molecule is CCC(O)CCNC(=O)NC(C)c1nc(C2CCCC2)no1. The van der Waals surface area contributed by atoms with Crippen molar-refractivity contribution >= 4 is 6.03 Å². The summed E-state index contributed by atoms with van der Waals surface area (Å²) in [6.45, 7) is 4.15. The van der Waals surface area contributed by atoms with Gasteiger partial charge in [0.2, 0.25) is 5.89 Å². The Morgan fingerprint density at radius 2 is 2.18 bits per heavy atom. The summed E-state index contributed by atoms with van der Waals surface area (Å²) in [7, 11) is 0. The van der Waals surface area contributed by atoms with Crippen molar-refractivity contribution in [1.82, 2.24) is 20.8 Å². The lowest BCUT2D eigenvalue weighted by atomic mass is 10.1. The van der Waals surface area contributed by atoms with Gasteiger partial charge in [0.25, 0.3) is 0 Å². The van der Waals surface area contributed by atoms with E-state index < -0.39 is 0 Å². The van der Waals surface area contributed by atoms with Gasteiger partial charge in [-0.3, -0.25) is 0 Å². The first-order chi connectivity index (χ1) is 10.6. The normalized spacial score (nSPS) is 18.1. The molecule has 7 nitrogen and oxygen atoms in total. The van der Waals surface area contributed by atoms with Crippen LogP contribution in [0.5, 0.6) is 0 Å². The number of aromatic nitrogens is 2. The Morgan fingerprint density at radius 1 is 1.45 bits per heavy atom. The van der Waals surface area contributed by atoms with E-state index in [0.717, 1.165) is 18.7 Å². The first-order valence-corrected chi connectivity index (χ1v) is 8.16. The molecule has 1 aliphatic carbocycles. The predicted molar refractivity (Wildman–Crippen MR) is 81.4 cm³/mol. The number of rotatable bonds is 7. The molecule has 2 rings (SSSR count). The molecule has 124 valence electrons. The number of amides is 2. The van der Waals surface area contributed by atoms with Gasteiger partial charge >= 0.3 is 6.03 Å². The summed E-state index contributed by atoms with van der Waals surface area (Å²) >= 11 is 0. The maximum absolute atomic E-state index is 11.8. The maximum atomic E-state index is 11.8. The molecule has 1 fully saturated rings. The summed E-state index contributed by atoms with van der Waals surface area (Å²) in [5.74, 6) is 1.59. The number of carbonyl (C=O) groups excluding carboxylic acids is 1. The number of aliphatic hydroxyl groups excluding tert-OH is 1. The van der Waals surface area contributed by atoms with E-state index in [4.69, 9.17) is 4.52 Å². The van der Waals surface area contributed by atoms with E-state index in [9.17, 15) is 9.90 Å². The third-order valence-electron chi connectivity index (χ3n) is 4.13. The van der Waals surface area contributed by atoms with Crippen molar-refractivity contribution in [3.8, 4) is 0 Å². The standard InChI is InChI=1S/C15H26N4O3/c1-3-12(20)8-9-16-15(21)17-10(2)14-18-13(19-22-14)11-6-4-5-7-11/h10-12,20H,3-9H2,1-2H3,(H2,16,17,21). The molecule has 22 heavy (non-hydrogen) atoms. The van der Waals surface area contributed by atoms with Crippen LogP contribution in [-0.2, 0) is 0 Å². The second-order valence-electron chi connectivity index (χ2n) is 5.94. The number of carbonyl (C=O) groups is 1. The van der Waals surface area contributed by atoms with Crippen LogP contribution < -0.4 is 10.6 Å². The molecular formula is C15H26N4O3. The van der Waals surface area contributed by atoms with Crippen LogP contribution >= 0.6 is 0 Å². The Labute approximate surface area is 130 Å². The van der Waals surface area contributed by atoms with Crippen LogP contribution in [0, 0.1) is 0 Å². The summed E-state index contributed by atoms with van der Waals surface area (Å²) < 4.78 is 5.26. The number of aliphatic hydroxyl groups is 1. The average molecular weight is 310 g/mol. The van der Waals surface area contributed by atoms with Gasteiger partial charge in [-0.2, -0.15) is 4.98 Å². The highest BCUT2D eigenvalue weighted by molar-refractivity contribution is 5.74.